The molecule has 1 aliphatic rings. The van der Waals surface area contributed by atoms with Crippen LogP contribution >= 0.6 is 0 Å². The highest BCUT2D eigenvalue weighted by atomic mass is 16.2. The Morgan fingerprint density at radius 3 is 2.80 bits per heavy atom. The van der Waals surface area contributed by atoms with E-state index in [1.807, 2.05) is 29.2 Å². The predicted octanol–water partition coefficient (Wildman–Crippen LogP) is 0.701. The van der Waals surface area contributed by atoms with Crippen LogP contribution in [-0.4, -0.2) is 51.2 Å². The lowest BCUT2D eigenvalue weighted by atomic mass is 10.1. The minimum Gasteiger partial charge on any atom is -0.333 e. The van der Waals surface area contributed by atoms with Crippen LogP contribution in [0, 0.1) is 0 Å². The molecule has 0 radical (unpaired) electrons. The third-order valence-electron chi connectivity index (χ3n) is 3.56. The number of carbonyl (C=O) groups excluding carboxylic acids is 1. The quantitative estimate of drug-likeness (QED) is 0.873. The number of amides is 1. The number of hydrogen-bond acceptors (Lipinski definition) is 4. The Morgan fingerprint density at radius 2 is 2.15 bits per heavy atom. The molecule has 1 aliphatic heterocycles. The minimum absolute atomic E-state index is 0.0872. The van der Waals surface area contributed by atoms with E-state index in [4.69, 9.17) is 0 Å². The van der Waals surface area contributed by atoms with Crippen LogP contribution in [0.4, 0.5) is 0 Å². The molecule has 1 saturated heterocycles. The van der Waals surface area contributed by atoms with Gasteiger partial charge in [-0.05, 0) is 31.2 Å². The van der Waals surface area contributed by atoms with Gasteiger partial charge < -0.3 is 10.2 Å². The summed E-state index contributed by atoms with van der Waals surface area (Å²) in [5, 5.41) is 7.35. The maximum absolute atomic E-state index is 12.5. The normalized spacial score (nSPS) is 19.1. The lowest BCUT2D eigenvalue weighted by Gasteiger charge is -2.34. The molecule has 2 heterocycles. The molecule has 6 heteroatoms. The van der Waals surface area contributed by atoms with Crippen LogP contribution in [0.25, 0.3) is 5.69 Å². The number of piperazine rings is 1. The summed E-state index contributed by atoms with van der Waals surface area (Å²) in [6.45, 7) is 4.52. The van der Waals surface area contributed by atoms with Crippen molar-refractivity contribution in [1.29, 1.82) is 0 Å². The van der Waals surface area contributed by atoms with Crippen molar-refractivity contribution in [3.63, 3.8) is 0 Å². The predicted molar refractivity (Wildman–Crippen MR) is 74.7 cm³/mol. The first-order valence-corrected chi connectivity index (χ1v) is 6.72. The van der Waals surface area contributed by atoms with Crippen molar-refractivity contribution in [2.75, 3.05) is 19.6 Å². The van der Waals surface area contributed by atoms with E-state index in [9.17, 15) is 4.79 Å². The van der Waals surface area contributed by atoms with E-state index in [-0.39, 0.29) is 11.9 Å². The molecule has 6 nitrogen and oxygen atoms in total. The standard InChI is InChI=1S/C14H17N5O/c1-11-8-15-6-7-18(11)14(20)12-2-4-13(5-3-12)19-10-16-9-17-19/h2-5,9-11,15H,6-8H2,1H3/t11-/m0/s1. The molecule has 0 spiro atoms. The lowest BCUT2D eigenvalue weighted by Crippen LogP contribution is -2.52. The molecule has 3 rings (SSSR count). The van der Waals surface area contributed by atoms with Crippen LogP contribution < -0.4 is 5.32 Å². The van der Waals surface area contributed by atoms with Crippen LogP contribution in [0.1, 0.15) is 17.3 Å². The fourth-order valence-electron chi connectivity index (χ4n) is 2.41. The van der Waals surface area contributed by atoms with Gasteiger partial charge in [0.05, 0.1) is 5.69 Å². The van der Waals surface area contributed by atoms with Crippen LogP contribution in [0.5, 0.6) is 0 Å². The summed E-state index contributed by atoms with van der Waals surface area (Å²) in [5.74, 6) is 0.0872. The Bertz CT molecular complexity index is 578. The van der Waals surface area contributed by atoms with Gasteiger partial charge in [-0.2, -0.15) is 5.10 Å². The van der Waals surface area contributed by atoms with E-state index in [0.717, 1.165) is 25.3 Å². The first kappa shape index (κ1) is 12.8. The fraction of sp³-hybridized carbons (Fsp3) is 0.357. The number of nitrogens with zero attached hydrogens (tertiary/aromatic N) is 4. The van der Waals surface area contributed by atoms with Crippen molar-refractivity contribution in [3.8, 4) is 5.69 Å². The van der Waals surface area contributed by atoms with Gasteiger partial charge in [-0.1, -0.05) is 0 Å². The van der Waals surface area contributed by atoms with Gasteiger partial charge in [-0.25, -0.2) is 9.67 Å². The zero-order valence-electron chi connectivity index (χ0n) is 11.4. The van der Waals surface area contributed by atoms with Gasteiger partial charge in [0.1, 0.15) is 12.7 Å². The van der Waals surface area contributed by atoms with Crippen molar-refractivity contribution in [2.45, 2.75) is 13.0 Å². The zero-order chi connectivity index (χ0) is 13.9. The third kappa shape index (κ3) is 2.42. The molecular weight excluding hydrogens is 254 g/mol. The summed E-state index contributed by atoms with van der Waals surface area (Å²) < 4.78 is 1.67. The molecule has 1 atom stereocenters. The van der Waals surface area contributed by atoms with E-state index in [1.165, 1.54) is 6.33 Å². The topological polar surface area (TPSA) is 63.1 Å². The van der Waals surface area contributed by atoms with Gasteiger partial charge in [0.25, 0.3) is 5.91 Å². The monoisotopic (exact) mass is 271 g/mol. The lowest BCUT2D eigenvalue weighted by molar-refractivity contribution is 0.0656. The average molecular weight is 271 g/mol. The zero-order valence-corrected chi connectivity index (χ0v) is 11.4. The number of carbonyl (C=O) groups is 1. The van der Waals surface area contributed by atoms with Crippen molar-refractivity contribution in [2.24, 2.45) is 0 Å². The molecule has 2 aromatic rings. The second-order valence-electron chi connectivity index (χ2n) is 4.94. The van der Waals surface area contributed by atoms with E-state index in [2.05, 4.69) is 22.3 Å². The van der Waals surface area contributed by atoms with Gasteiger partial charge >= 0.3 is 0 Å². The molecule has 0 bridgehead atoms. The van der Waals surface area contributed by atoms with Crippen LogP contribution in [0.2, 0.25) is 0 Å². The minimum atomic E-state index is 0.0872. The maximum atomic E-state index is 12.5. The molecule has 1 amide bonds. The number of rotatable bonds is 2. The maximum Gasteiger partial charge on any atom is 0.254 e. The number of hydrogen-bond donors (Lipinski definition) is 1. The SMILES string of the molecule is C[C@H]1CNCCN1C(=O)c1ccc(-n2cncn2)cc1. The van der Waals surface area contributed by atoms with Gasteiger partial charge in [0.2, 0.25) is 0 Å². The van der Waals surface area contributed by atoms with E-state index < -0.39 is 0 Å². The summed E-state index contributed by atoms with van der Waals surface area (Å²) in [5.41, 5.74) is 1.61. The van der Waals surface area contributed by atoms with E-state index >= 15 is 0 Å². The molecule has 1 aromatic carbocycles. The molecule has 20 heavy (non-hydrogen) atoms. The summed E-state index contributed by atoms with van der Waals surface area (Å²) in [7, 11) is 0. The summed E-state index contributed by atoms with van der Waals surface area (Å²) in [6.07, 6.45) is 3.12. The second kappa shape index (κ2) is 5.42. The van der Waals surface area contributed by atoms with Crippen LogP contribution in [-0.2, 0) is 0 Å². The van der Waals surface area contributed by atoms with Gasteiger partial charge in [0.15, 0.2) is 0 Å². The fourth-order valence-corrected chi connectivity index (χ4v) is 2.41. The molecule has 104 valence electrons. The Labute approximate surface area is 117 Å². The molecule has 1 aromatic heterocycles. The largest absolute Gasteiger partial charge is 0.333 e. The van der Waals surface area contributed by atoms with E-state index in [1.54, 1.807) is 11.0 Å². The first-order chi connectivity index (χ1) is 9.75. The van der Waals surface area contributed by atoms with Gasteiger partial charge in [-0.3, -0.25) is 4.79 Å². The van der Waals surface area contributed by atoms with E-state index in [0.29, 0.717) is 5.56 Å². The molecule has 0 unspecified atom stereocenters. The first-order valence-electron chi connectivity index (χ1n) is 6.72. The van der Waals surface area contributed by atoms with Gasteiger partial charge in [0, 0.05) is 31.2 Å². The molecule has 1 N–H and O–H groups in total. The number of aromatic nitrogens is 3. The van der Waals surface area contributed by atoms with Crippen molar-refractivity contribution < 1.29 is 4.79 Å². The molecule has 0 aliphatic carbocycles. The molecule has 1 fully saturated rings. The highest BCUT2D eigenvalue weighted by Crippen LogP contribution is 2.13. The van der Waals surface area contributed by atoms with Gasteiger partial charge in [-0.15, -0.1) is 0 Å². The van der Waals surface area contributed by atoms with Crippen LogP contribution in [0.15, 0.2) is 36.9 Å². The highest BCUT2D eigenvalue weighted by Gasteiger charge is 2.23. The average Bonchev–Trinajstić information content (AvgIpc) is 3.01. The smallest absolute Gasteiger partial charge is 0.254 e. The number of nitrogens with one attached hydrogen (secondary N) is 1. The Balaban J connectivity index is 1.78. The second-order valence-corrected chi connectivity index (χ2v) is 4.94. The number of benzene rings is 1. The van der Waals surface area contributed by atoms with Crippen molar-refractivity contribution >= 4 is 5.91 Å². The summed E-state index contributed by atoms with van der Waals surface area (Å²) in [4.78, 5) is 18.3. The Morgan fingerprint density at radius 1 is 1.35 bits per heavy atom. The Hall–Kier alpha value is -2.21. The summed E-state index contributed by atoms with van der Waals surface area (Å²) >= 11 is 0. The van der Waals surface area contributed by atoms with Crippen molar-refractivity contribution in [1.82, 2.24) is 25.0 Å². The third-order valence-corrected chi connectivity index (χ3v) is 3.56. The molecular formula is C14H17N5O. The van der Waals surface area contributed by atoms with Crippen molar-refractivity contribution in [3.05, 3.63) is 42.5 Å². The summed E-state index contributed by atoms with van der Waals surface area (Å²) in [6, 6.07) is 7.68. The Kier molecular flexibility index (Phi) is 3.47. The highest BCUT2D eigenvalue weighted by molar-refractivity contribution is 5.94. The molecule has 0 saturated carbocycles. The van der Waals surface area contributed by atoms with Crippen LogP contribution in [0.3, 0.4) is 0 Å².